The molecule has 0 heterocycles. The van der Waals surface area contributed by atoms with E-state index in [1.54, 1.807) is 0 Å². The lowest BCUT2D eigenvalue weighted by molar-refractivity contribution is 0.161. The van der Waals surface area contributed by atoms with E-state index in [4.69, 9.17) is 8.85 Å². The van der Waals surface area contributed by atoms with Gasteiger partial charge in [0.2, 0.25) is 0 Å². The van der Waals surface area contributed by atoms with E-state index < -0.39 is 8.56 Å². The monoisotopic (exact) mass is 288 g/mol. The first kappa shape index (κ1) is 16.4. The molecule has 0 amide bonds. The maximum Gasteiger partial charge on any atom is 0.344 e. The van der Waals surface area contributed by atoms with E-state index in [2.05, 4.69) is 13.8 Å². The van der Waals surface area contributed by atoms with Crippen molar-refractivity contribution in [2.45, 2.75) is 76.3 Å². The Morgan fingerprint density at radius 1 is 0.778 bits per heavy atom. The van der Waals surface area contributed by atoms with Crippen LogP contribution < -0.4 is 0 Å². The fourth-order valence-corrected chi connectivity index (χ4v) is 8.98. The molecule has 18 heavy (non-hydrogen) atoms. The first-order chi connectivity index (χ1) is 8.33. The van der Waals surface area contributed by atoms with Gasteiger partial charge < -0.3 is 8.85 Å². The lowest BCUT2D eigenvalue weighted by Crippen LogP contribution is -2.50. The van der Waals surface area contributed by atoms with Gasteiger partial charge in [0.1, 0.15) is 0 Å². The summed E-state index contributed by atoms with van der Waals surface area (Å²) in [6, 6.07) is 0. The molecule has 0 spiro atoms. The second kappa shape index (κ2) is 7.83. The molecule has 2 saturated carbocycles. The van der Waals surface area contributed by atoms with Crippen LogP contribution in [0.2, 0.25) is 11.1 Å². The van der Waals surface area contributed by atoms with E-state index in [9.17, 15) is 0 Å². The van der Waals surface area contributed by atoms with Gasteiger partial charge >= 0.3 is 8.56 Å². The predicted molar refractivity (Wildman–Crippen MR) is 84.8 cm³/mol. The van der Waals surface area contributed by atoms with Crippen molar-refractivity contribution in [2.75, 3.05) is 13.2 Å². The Morgan fingerprint density at radius 3 is 1.39 bits per heavy atom. The van der Waals surface area contributed by atoms with Crippen molar-refractivity contribution in [3.05, 3.63) is 0 Å². The molecule has 0 aromatic heterocycles. The molecule has 2 nitrogen and oxygen atoms in total. The summed E-state index contributed by atoms with van der Waals surface area (Å²) in [5.41, 5.74) is 1.57. The summed E-state index contributed by atoms with van der Waals surface area (Å²) >= 11 is 0. The second-order valence-electron chi connectivity index (χ2n) is 5.55. The van der Waals surface area contributed by atoms with Gasteiger partial charge in [-0.25, -0.2) is 0 Å². The third-order valence-corrected chi connectivity index (χ3v) is 9.50. The van der Waals surface area contributed by atoms with Crippen molar-refractivity contribution in [2.24, 2.45) is 0 Å². The van der Waals surface area contributed by atoms with E-state index in [1.807, 2.05) is 0 Å². The Hall–Kier alpha value is 0.354. The van der Waals surface area contributed by atoms with E-state index in [-0.39, 0.29) is 11.0 Å². The van der Waals surface area contributed by atoms with Gasteiger partial charge in [0, 0.05) is 24.3 Å². The molecular weight excluding hydrogens is 256 g/mol. The molecule has 0 aliphatic heterocycles. The quantitative estimate of drug-likeness (QED) is 0.700. The van der Waals surface area contributed by atoms with E-state index in [1.165, 1.54) is 51.4 Å². The minimum absolute atomic E-state index is 0. The molecule has 2 fully saturated rings. The van der Waals surface area contributed by atoms with Crippen molar-refractivity contribution in [3.8, 4) is 0 Å². The normalized spacial score (nSPS) is 22.3. The highest BCUT2D eigenvalue weighted by Crippen LogP contribution is 2.50. The summed E-state index contributed by atoms with van der Waals surface area (Å²) in [7, 11) is -1.93. The van der Waals surface area contributed by atoms with E-state index >= 15 is 0 Å². The van der Waals surface area contributed by atoms with Crippen LogP contribution in [0.3, 0.4) is 0 Å². The van der Waals surface area contributed by atoms with Crippen LogP contribution in [0.4, 0.5) is 0 Å². The summed E-state index contributed by atoms with van der Waals surface area (Å²) in [6.07, 6.45) is 11.0. The van der Waals surface area contributed by atoms with Crippen LogP contribution in [0.1, 0.15) is 65.2 Å². The lowest BCUT2D eigenvalue weighted by Gasteiger charge is -2.39. The van der Waals surface area contributed by atoms with Crippen molar-refractivity contribution >= 4 is 19.5 Å². The highest BCUT2D eigenvalue weighted by atomic mass is 28.4. The largest absolute Gasteiger partial charge is 0.394 e. The van der Waals surface area contributed by atoms with Gasteiger partial charge in [-0.3, -0.25) is 0 Å². The molecule has 2 aliphatic rings. The van der Waals surface area contributed by atoms with Gasteiger partial charge in [-0.2, -0.15) is 0 Å². The Labute approximate surface area is 118 Å². The highest BCUT2D eigenvalue weighted by molar-refractivity contribution is 6.70. The molecule has 0 N–H and O–H groups in total. The van der Waals surface area contributed by atoms with Crippen LogP contribution in [-0.2, 0) is 8.85 Å². The van der Waals surface area contributed by atoms with Crippen molar-refractivity contribution in [1.82, 2.24) is 0 Å². The number of hydrogen-bond acceptors (Lipinski definition) is 2. The lowest BCUT2D eigenvalue weighted by atomic mass is 10.3. The highest BCUT2D eigenvalue weighted by Gasteiger charge is 2.53. The number of hydrogen-bond donors (Lipinski definition) is 0. The van der Waals surface area contributed by atoms with Gasteiger partial charge in [-0.05, 0) is 50.5 Å². The minimum Gasteiger partial charge on any atom is -0.394 e. The summed E-state index contributed by atoms with van der Waals surface area (Å²) in [5.74, 6) is 0. The van der Waals surface area contributed by atoms with E-state index in [0.29, 0.717) is 0 Å². The average molecular weight is 289 g/mol. The fraction of sp³-hybridized carbons (Fsp3) is 1.00. The van der Waals surface area contributed by atoms with Gasteiger partial charge in [0.25, 0.3) is 0 Å². The maximum atomic E-state index is 6.35. The van der Waals surface area contributed by atoms with Gasteiger partial charge in [-0.15, -0.1) is 0 Å². The third-order valence-electron chi connectivity index (χ3n) is 4.59. The summed E-state index contributed by atoms with van der Waals surface area (Å²) in [6.45, 7) is 5.98. The van der Waals surface area contributed by atoms with Crippen LogP contribution in [-0.4, -0.2) is 32.7 Å². The van der Waals surface area contributed by atoms with Gasteiger partial charge in [0.05, 0.1) is 0 Å². The minimum atomic E-state index is -1.93. The van der Waals surface area contributed by atoms with Gasteiger partial charge in [-0.1, -0.05) is 25.7 Å². The fourth-order valence-electron chi connectivity index (χ4n) is 3.95. The Morgan fingerprint density at radius 2 is 1.11 bits per heavy atom. The van der Waals surface area contributed by atoms with Crippen LogP contribution >= 0.6 is 0 Å². The maximum absolute atomic E-state index is 6.35. The first-order valence-electron chi connectivity index (χ1n) is 7.61. The molecule has 0 bridgehead atoms. The van der Waals surface area contributed by atoms with Crippen molar-refractivity contribution in [3.63, 3.8) is 0 Å². The zero-order chi connectivity index (χ0) is 12.1. The predicted octanol–water partition coefficient (Wildman–Crippen LogP) is 2.94. The van der Waals surface area contributed by atoms with Crippen LogP contribution in [0.15, 0.2) is 0 Å². The van der Waals surface area contributed by atoms with Gasteiger partial charge in [0.15, 0.2) is 0 Å². The molecule has 2 rings (SSSR count). The molecule has 0 aromatic carbocycles. The van der Waals surface area contributed by atoms with Crippen LogP contribution in [0.25, 0.3) is 0 Å². The van der Waals surface area contributed by atoms with Crippen LogP contribution in [0, 0.1) is 0 Å². The summed E-state index contributed by atoms with van der Waals surface area (Å²) in [4.78, 5) is 0. The van der Waals surface area contributed by atoms with Crippen molar-refractivity contribution < 1.29 is 8.85 Å². The molecule has 0 unspecified atom stereocenters. The molecule has 0 saturated heterocycles. The van der Waals surface area contributed by atoms with Crippen molar-refractivity contribution in [1.29, 1.82) is 0 Å². The summed E-state index contributed by atoms with van der Waals surface area (Å²) < 4.78 is 12.7. The molecule has 0 atom stereocenters. The Bertz CT molecular complexity index is 200. The average Bonchev–Trinajstić information content (AvgIpc) is 3.02. The zero-order valence-electron chi connectivity index (χ0n) is 11.5. The molecule has 0 aromatic rings. The second-order valence-corrected chi connectivity index (χ2v) is 9.20. The smallest absolute Gasteiger partial charge is 0.344 e. The molecular formula is C14H32O2Si2. The van der Waals surface area contributed by atoms with Crippen LogP contribution in [0.5, 0.6) is 0 Å². The Kier molecular flexibility index (Phi) is 7.13. The van der Waals surface area contributed by atoms with E-state index in [0.717, 1.165) is 24.3 Å². The zero-order valence-corrected chi connectivity index (χ0v) is 12.5. The third kappa shape index (κ3) is 3.27. The molecule has 0 radical (unpaired) electrons. The first-order valence-corrected chi connectivity index (χ1v) is 9.58. The number of rotatable bonds is 6. The molecule has 4 heteroatoms. The molecule has 108 valence electrons. The molecule has 2 aliphatic carbocycles. The summed E-state index contributed by atoms with van der Waals surface area (Å²) in [5, 5.41) is 0. The Balaban J connectivity index is 0.00000162. The standard InChI is InChI=1S/C14H28O2Si.H4Si/c1-3-15-17(16-4-2,13-9-5-6-10-13)14-11-7-8-12-14;/h13-14H,3-12H2,1-2H3;1H4. The topological polar surface area (TPSA) is 18.5 Å². The SMILES string of the molecule is CCO[Si](OCC)(C1CCCC1)C1CCCC1.[SiH4].